The summed E-state index contributed by atoms with van der Waals surface area (Å²) in [5.74, 6) is -0.158. The molecule has 1 saturated heterocycles. The van der Waals surface area contributed by atoms with Gasteiger partial charge >= 0.3 is 12.3 Å². The van der Waals surface area contributed by atoms with E-state index in [0.717, 1.165) is 37.6 Å². The molecule has 1 N–H and O–H groups in total. The molecule has 0 radical (unpaired) electrons. The molecule has 1 aromatic heterocycles. The summed E-state index contributed by atoms with van der Waals surface area (Å²) in [6, 6.07) is 4.04. The minimum atomic E-state index is -4.52. The third-order valence-electron chi connectivity index (χ3n) is 5.96. The van der Waals surface area contributed by atoms with Crippen molar-refractivity contribution in [3.8, 4) is 5.75 Å². The van der Waals surface area contributed by atoms with Crippen LogP contribution in [0.25, 0.3) is 0 Å². The van der Waals surface area contributed by atoms with Gasteiger partial charge in [-0.3, -0.25) is 4.90 Å². The summed E-state index contributed by atoms with van der Waals surface area (Å²) < 4.78 is 51.8. The van der Waals surface area contributed by atoms with Gasteiger partial charge in [0.2, 0.25) is 0 Å². The number of nitrogens with zero attached hydrogens (tertiary/aromatic N) is 3. The van der Waals surface area contributed by atoms with E-state index in [1.54, 1.807) is 18.0 Å². The van der Waals surface area contributed by atoms with E-state index in [2.05, 4.69) is 15.2 Å². The fraction of sp³-hybridized carbons (Fsp3) is 0.615. The summed E-state index contributed by atoms with van der Waals surface area (Å²) >= 11 is 1.34. The molecule has 0 bridgehead atoms. The van der Waals surface area contributed by atoms with Crippen LogP contribution in [0.4, 0.5) is 28.8 Å². The lowest BCUT2D eigenvalue weighted by Crippen LogP contribution is -2.42. The number of amides is 1. The van der Waals surface area contributed by atoms with Crippen LogP contribution < -0.4 is 10.1 Å². The average Bonchev–Trinajstić information content (AvgIpc) is 3.45. The molecule has 1 fully saturated rings. The van der Waals surface area contributed by atoms with Gasteiger partial charge in [-0.25, -0.2) is 9.78 Å². The second-order valence-electron chi connectivity index (χ2n) is 10.3. The van der Waals surface area contributed by atoms with Crippen molar-refractivity contribution < 1.29 is 27.4 Å². The summed E-state index contributed by atoms with van der Waals surface area (Å²) in [6.07, 6.45) is -1.44. The first-order valence-electron chi connectivity index (χ1n) is 12.6. The van der Waals surface area contributed by atoms with Crippen LogP contribution in [0.1, 0.15) is 64.6 Å². The van der Waals surface area contributed by atoms with E-state index in [0.29, 0.717) is 30.3 Å². The van der Waals surface area contributed by atoms with Crippen molar-refractivity contribution in [3.05, 3.63) is 34.8 Å². The van der Waals surface area contributed by atoms with Gasteiger partial charge in [0.25, 0.3) is 0 Å². The van der Waals surface area contributed by atoms with E-state index in [-0.39, 0.29) is 24.5 Å². The molecule has 1 unspecified atom stereocenters. The van der Waals surface area contributed by atoms with Gasteiger partial charge in [-0.2, -0.15) is 13.2 Å². The van der Waals surface area contributed by atoms with Gasteiger partial charge in [0.15, 0.2) is 5.13 Å². The molecule has 2 heterocycles. The first-order valence-corrected chi connectivity index (χ1v) is 13.5. The first kappa shape index (κ1) is 29.0. The normalized spacial score (nSPS) is 16.6. The largest absolute Gasteiger partial charge is 0.493 e. The van der Waals surface area contributed by atoms with Crippen LogP contribution in [0, 0.1) is 0 Å². The van der Waals surface area contributed by atoms with Crippen LogP contribution >= 0.6 is 11.3 Å². The number of thiazole rings is 1. The topological polar surface area (TPSA) is 66.9 Å². The van der Waals surface area contributed by atoms with Crippen LogP contribution in [-0.4, -0.2) is 59.3 Å². The SMILES string of the molecule is CCCCCOc1ccc(Nc2nc(CN3CCC(N(C)C(=O)OC(C)(C)C)C3)cs2)cc1C(F)(F)F. The molecule has 37 heavy (non-hydrogen) atoms. The molecule has 0 saturated carbocycles. The van der Waals surface area contributed by atoms with Gasteiger partial charge in [-0.1, -0.05) is 19.8 Å². The molecule has 1 aliphatic heterocycles. The van der Waals surface area contributed by atoms with Crippen molar-refractivity contribution in [3.63, 3.8) is 0 Å². The molecule has 1 atom stereocenters. The predicted octanol–water partition coefficient (Wildman–Crippen LogP) is 6.92. The third-order valence-corrected chi connectivity index (χ3v) is 6.76. The number of ether oxygens (including phenoxy) is 2. The minimum absolute atomic E-state index is 0.0505. The number of aromatic nitrogens is 1. The number of alkyl halides is 3. The molecule has 3 rings (SSSR count). The Labute approximate surface area is 221 Å². The molecule has 1 amide bonds. The lowest BCUT2D eigenvalue weighted by Gasteiger charge is -2.28. The number of carbonyl (C=O) groups is 1. The summed E-state index contributed by atoms with van der Waals surface area (Å²) in [4.78, 5) is 20.8. The number of carbonyl (C=O) groups excluding carboxylic acids is 1. The number of unbranched alkanes of at least 4 members (excludes halogenated alkanes) is 2. The van der Waals surface area contributed by atoms with E-state index in [9.17, 15) is 18.0 Å². The molecular weight excluding hydrogens is 505 g/mol. The highest BCUT2D eigenvalue weighted by Crippen LogP contribution is 2.38. The van der Waals surface area contributed by atoms with Crippen molar-refractivity contribution in [2.45, 2.75) is 77.7 Å². The number of likely N-dealkylation sites (tertiary alicyclic amines) is 1. The molecular formula is C26H37F3N4O3S. The summed E-state index contributed by atoms with van der Waals surface area (Å²) in [5, 5.41) is 5.40. The highest BCUT2D eigenvalue weighted by Gasteiger charge is 2.35. The Morgan fingerprint density at radius 2 is 2.03 bits per heavy atom. The Hall–Kier alpha value is -2.53. The summed E-state index contributed by atoms with van der Waals surface area (Å²) in [5.41, 5.74) is -0.228. The highest BCUT2D eigenvalue weighted by atomic mass is 32.1. The van der Waals surface area contributed by atoms with Gasteiger partial charge in [0.1, 0.15) is 11.4 Å². The van der Waals surface area contributed by atoms with E-state index in [4.69, 9.17) is 9.47 Å². The Balaban J connectivity index is 1.58. The molecule has 206 valence electrons. The maximum Gasteiger partial charge on any atom is 0.420 e. The second kappa shape index (κ2) is 12.3. The van der Waals surface area contributed by atoms with Gasteiger partial charge in [0, 0.05) is 43.8 Å². The van der Waals surface area contributed by atoms with Gasteiger partial charge in [-0.05, 0) is 51.8 Å². The quantitative estimate of drug-likeness (QED) is 0.329. The van der Waals surface area contributed by atoms with Crippen molar-refractivity contribution in [1.82, 2.24) is 14.8 Å². The predicted molar refractivity (Wildman–Crippen MR) is 140 cm³/mol. The molecule has 0 aliphatic carbocycles. The van der Waals surface area contributed by atoms with Crippen molar-refractivity contribution in [1.29, 1.82) is 0 Å². The maximum absolute atomic E-state index is 13.6. The van der Waals surface area contributed by atoms with E-state index in [1.165, 1.54) is 17.4 Å². The Morgan fingerprint density at radius 3 is 2.70 bits per heavy atom. The van der Waals surface area contributed by atoms with Gasteiger partial charge < -0.3 is 19.7 Å². The molecule has 11 heteroatoms. The number of nitrogens with one attached hydrogen (secondary N) is 1. The standard InChI is InChI=1S/C26H37F3N4O3S/c1-6-7-8-13-35-22-10-9-18(14-21(22)26(27,28)29)30-23-31-19(17-37-23)15-33-12-11-20(16-33)32(5)24(34)36-25(2,3)4/h9-10,14,17,20H,6-8,11-13,15-16H2,1-5H3,(H,30,31). The highest BCUT2D eigenvalue weighted by molar-refractivity contribution is 7.13. The van der Waals surface area contributed by atoms with Crippen molar-refractivity contribution >= 4 is 28.2 Å². The van der Waals surface area contributed by atoms with Crippen LogP contribution in [0.3, 0.4) is 0 Å². The van der Waals surface area contributed by atoms with Crippen LogP contribution in [0.15, 0.2) is 23.6 Å². The minimum Gasteiger partial charge on any atom is -0.493 e. The molecule has 2 aromatic rings. The lowest BCUT2D eigenvalue weighted by molar-refractivity contribution is -0.138. The average molecular weight is 543 g/mol. The third kappa shape index (κ3) is 8.77. The van der Waals surface area contributed by atoms with Crippen molar-refractivity contribution in [2.24, 2.45) is 0 Å². The summed E-state index contributed by atoms with van der Waals surface area (Å²) in [6.45, 7) is 9.91. The van der Waals surface area contributed by atoms with E-state index in [1.807, 2.05) is 33.1 Å². The van der Waals surface area contributed by atoms with Crippen LogP contribution in [0.2, 0.25) is 0 Å². The zero-order valence-electron chi connectivity index (χ0n) is 22.2. The lowest BCUT2D eigenvalue weighted by atomic mass is 10.1. The fourth-order valence-electron chi connectivity index (χ4n) is 4.03. The Kier molecular flexibility index (Phi) is 9.68. The second-order valence-corrected chi connectivity index (χ2v) is 11.2. The Morgan fingerprint density at radius 1 is 1.27 bits per heavy atom. The van der Waals surface area contributed by atoms with Crippen LogP contribution in [0.5, 0.6) is 5.75 Å². The molecule has 1 aromatic carbocycles. The monoisotopic (exact) mass is 542 g/mol. The maximum atomic E-state index is 13.6. The number of likely N-dealkylation sites (N-methyl/N-ethyl adjacent to an activating group) is 1. The van der Waals surface area contributed by atoms with E-state index < -0.39 is 17.3 Å². The van der Waals surface area contributed by atoms with Gasteiger partial charge in [-0.15, -0.1) is 11.3 Å². The number of hydrogen-bond acceptors (Lipinski definition) is 7. The number of benzene rings is 1. The Bertz CT molecular complexity index is 1040. The number of halogens is 3. The zero-order valence-corrected chi connectivity index (χ0v) is 23.0. The summed E-state index contributed by atoms with van der Waals surface area (Å²) in [7, 11) is 1.75. The van der Waals surface area contributed by atoms with Crippen LogP contribution in [-0.2, 0) is 17.5 Å². The number of rotatable bonds is 10. The fourth-order valence-corrected chi connectivity index (χ4v) is 4.76. The molecule has 1 aliphatic rings. The zero-order chi connectivity index (χ0) is 27.2. The smallest absolute Gasteiger partial charge is 0.420 e. The van der Waals surface area contributed by atoms with Gasteiger partial charge in [0.05, 0.1) is 17.9 Å². The first-order chi connectivity index (χ1) is 17.4. The van der Waals surface area contributed by atoms with Crippen molar-refractivity contribution in [2.75, 3.05) is 32.1 Å². The number of hydrogen-bond donors (Lipinski definition) is 1. The molecule has 7 nitrogen and oxygen atoms in total. The molecule has 0 spiro atoms. The van der Waals surface area contributed by atoms with E-state index >= 15 is 0 Å². The number of anilines is 2.